The molecule has 1 aromatic carbocycles. The van der Waals surface area contributed by atoms with Gasteiger partial charge in [0.2, 0.25) is 0 Å². The number of amides is 1. The van der Waals surface area contributed by atoms with Gasteiger partial charge in [-0.2, -0.15) is 10.2 Å². The lowest BCUT2D eigenvalue weighted by atomic mass is 9.99. The molecular formula is C33H32N8O3. The lowest BCUT2D eigenvalue weighted by molar-refractivity contribution is 0.0119. The normalized spacial score (nSPS) is 18.6. The molecule has 0 radical (unpaired) electrons. The molecule has 2 bridgehead atoms. The Morgan fingerprint density at radius 3 is 2.73 bits per heavy atom. The van der Waals surface area contributed by atoms with Crippen LogP contribution >= 0.6 is 0 Å². The zero-order valence-corrected chi connectivity index (χ0v) is 24.8. The topological polar surface area (TPSA) is 118 Å². The minimum Gasteiger partial charge on any atom is -0.467 e. The molecule has 0 saturated carbocycles. The Labute approximate surface area is 253 Å². The van der Waals surface area contributed by atoms with Crippen molar-refractivity contribution in [3.63, 3.8) is 0 Å². The van der Waals surface area contributed by atoms with Crippen molar-refractivity contribution in [2.24, 2.45) is 0 Å². The number of furan rings is 1. The Kier molecular flexibility index (Phi) is 6.05. The van der Waals surface area contributed by atoms with Gasteiger partial charge in [-0.05, 0) is 63.1 Å². The van der Waals surface area contributed by atoms with E-state index in [0.29, 0.717) is 13.1 Å². The smallest absolute Gasteiger partial charge is 0.410 e. The first-order valence-corrected chi connectivity index (χ1v) is 14.8. The summed E-state index contributed by atoms with van der Waals surface area (Å²) in [7, 11) is 0. The van der Waals surface area contributed by atoms with E-state index in [9.17, 15) is 4.79 Å². The summed E-state index contributed by atoms with van der Waals surface area (Å²) in [6.07, 6.45) is 9.73. The number of carbonyl (C=O) groups excluding carboxylic acids is 1. The molecule has 7 heterocycles. The summed E-state index contributed by atoms with van der Waals surface area (Å²) >= 11 is 0. The monoisotopic (exact) mass is 588 g/mol. The molecule has 2 aliphatic heterocycles. The Hall–Kier alpha value is -5.03. The van der Waals surface area contributed by atoms with Crippen LogP contribution in [-0.4, -0.2) is 76.4 Å². The molecule has 5 aromatic heterocycles. The number of aromatic nitrogens is 6. The number of carbonyl (C=O) groups is 1. The Morgan fingerprint density at radius 2 is 1.93 bits per heavy atom. The molecule has 0 unspecified atom stereocenters. The molecule has 8 rings (SSSR count). The molecule has 0 aliphatic carbocycles. The molecule has 44 heavy (non-hydrogen) atoms. The number of ether oxygens (including phenoxy) is 1. The maximum Gasteiger partial charge on any atom is 0.410 e. The van der Waals surface area contributed by atoms with E-state index < -0.39 is 5.60 Å². The van der Waals surface area contributed by atoms with Crippen LogP contribution in [0.4, 0.5) is 4.79 Å². The Balaban J connectivity index is 1.11. The van der Waals surface area contributed by atoms with Gasteiger partial charge in [0.1, 0.15) is 23.3 Å². The minimum absolute atomic E-state index is 0.165. The summed E-state index contributed by atoms with van der Waals surface area (Å²) in [5, 5.41) is 13.5. The summed E-state index contributed by atoms with van der Waals surface area (Å²) in [4.78, 5) is 26.0. The highest BCUT2D eigenvalue weighted by Gasteiger charge is 2.46. The molecular weight excluding hydrogens is 556 g/mol. The van der Waals surface area contributed by atoms with E-state index in [0.717, 1.165) is 68.9 Å². The third-order valence-corrected chi connectivity index (χ3v) is 8.52. The van der Waals surface area contributed by atoms with Crippen LogP contribution in [0.2, 0.25) is 0 Å². The molecule has 2 aliphatic rings. The predicted octanol–water partition coefficient (Wildman–Crippen LogP) is 5.79. The minimum atomic E-state index is -0.497. The summed E-state index contributed by atoms with van der Waals surface area (Å²) in [5.74, 6) is 0.867. The quantitative estimate of drug-likeness (QED) is 0.269. The van der Waals surface area contributed by atoms with Crippen molar-refractivity contribution >= 4 is 22.6 Å². The number of hydrogen-bond acceptors (Lipinski definition) is 8. The SMILES string of the molecule is CC(C)(C)OC(=O)N1C[C@@H]2C[C@H]1CN2Cc1cc(-c2ccnc3c(-c4cccc5[nH]ncc45)c(-c4ccncc4)nn23)co1. The number of H-pyrrole nitrogens is 1. The van der Waals surface area contributed by atoms with E-state index in [4.69, 9.17) is 19.2 Å². The van der Waals surface area contributed by atoms with Gasteiger partial charge in [0.25, 0.3) is 0 Å². The van der Waals surface area contributed by atoms with Crippen LogP contribution in [0.15, 0.2) is 77.9 Å². The summed E-state index contributed by atoms with van der Waals surface area (Å²) in [5.41, 5.74) is 6.68. The first kappa shape index (κ1) is 26.6. The number of pyridine rings is 1. The number of aromatic amines is 1. The number of benzene rings is 1. The first-order chi connectivity index (χ1) is 21.3. The van der Waals surface area contributed by atoms with Crippen LogP contribution in [0, 0.1) is 0 Å². The average Bonchev–Trinajstić information content (AvgIpc) is 3.84. The predicted molar refractivity (Wildman–Crippen MR) is 165 cm³/mol. The number of nitrogens with one attached hydrogen (secondary N) is 1. The van der Waals surface area contributed by atoms with Crippen molar-refractivity contribution in [2.75, 3.05) is 13.1 Å². The van der Waals surface area contributed by atoms with E-state index >= 15 is 0 Å². The average molecular weight is 589 g/mol. The molecule has 6 aromatic rings. The third-order valence-electron chi connectivity index (χ3n) is 8.52. The largest absolute Gasteiger partial charge is 0.467 e. The fourth-order valence-electron chi connectivity index (χ4n) is 6.60. The number of likely N-dealkylation sites (tertiary alicyclic amines) is 2. The number of fused-ring (bicyclic) bond motifs is 4. The van der Waals surface area contributed by atoms with E-state index in [-0.39, 0.29) is 18.2 Å². The molecule has 1 N–H and O–H groups in total. The Morgan fingerprint density at radius 1 is 1.07 bits per heavy atom. The second kappa shape index (κ2) is 10.0. The molecule has 1 amide bonds. The highest BCUT2D eigenvalue weighted by molar-refractivity contribution is 6.02. The molecule has 2 atom stereocenters. The van der Waals surface area contributed by atoms with Crippen LogP contribution in [0.25, 0.3) is 50.2 Å². The number of hydrogen-bond donors (Lipinski definition) is 1. The summed E-state index contributed by atoms with van der Waals surface area (Å²) in [6, 6.07) is 14.5. The molecule has 0 spiro atoms. The van der Waals surface area contributed by atoms with Crippen molar-refractivity contribution in [1.82, 2.24) is 39.6 Å². The molecule has 2 fully saturated rings. The van der Waals surface area contributed by atoms with Crippen molar-refractivity contribution in [3.8, 4) is 33.6 Å². The van der Waals surface area contributed by atoms with Gasteiger partial charge in [-0.25, -0.2) is 14.3 Å². The third kappa shape index (κ3) is 4.51. The molecule has 11 heteroatoms. The number of rotatable bonds is 5. The fourth-order valence-corrected chi connectivity index (χ4v) is 6.60. The van der Waals surface area contributed by atoms with Gasteiger partial charge in [0.15, 0.2) is 5.65 Å². The van der Waals surface area contributed by atoms with Gasteiger partial charge in [-0.3, -0.25) is 15.0 Å². The Bertz CT molecular complexity index is 2000. The fraction of sp³-hybridized carbons (Fsp3) is 0.303. The number of nitrogens with zero attached hydrogens (tertiary/aromatic N) is 7. The highest BCUT2D eigenvalue weighted by atomic mass is 16.6. The van der Waals surface area contributed by atoms with Gasteiger partial charge in [0, 0.05) is 60.3 Å². The van der Waals surface area contributed by atoms with Crippen LogP contribution in [-0.2, 0) is 11.3 Å². The zero-order chi connectivity index (χ0) is 30.0. The standard InChI is InChI=1S/C33H32N8O3/c1-33(2,3)44-32(42)40-17-22-14-23(40)16-39(22)18-24-13-21(19-43-24)28-9-12-35-31-29(25-5-4-6-27-26(25)15-36-37-27)30(38-41(28)31)20-7-10-34-11-8-20/h4-13,15,19,22-23H,14,16-18H2,1-3H3,(H,36,37)/t22-,23-/m0/s1. The van der Waals surface area contributed by atoms with E-state index in [1.165, 1.54) is 0 Å². The van der Waals surface area contributed by atoms with Crippen LogP contribution in [0.5, 0.6) is 0 Å². The zero-order valence-electron chi connectivity index (χ0n) is 24.8. The van der Waals surface area contributed by atoms with Crippen molar-refractivity contribution in [1.29, 1.82) is 0 Å². The maximum absolute atomic E-state index is 12.7. The summed E-state index contributed by atoms with van der Waals surface area (Å²) in [6.45, 7) is 7.86. The lowest BCUT2D eigenvalue weighted by Gasteiger charge is -2.34. The number of piperazine rings is 1. The second-order valence-electron chi connectivity index (χ2n) is 12.6. The molecule has 2 saturated heterocycles. The van der Waals surface area contributed by atoms with Crippen molar-refractivity contribution < 1.29 is 13.9 Å². The first-order valence-electron chi connectivity index (χ1n) is 14.8. The van der Waals surface area contributed by atoms with Crippen molar-refractivity contribution in [3.05, 3.63) is 79.3 Å². The van der Waals surface area contributed by atoms with Crippen LogP contribution in [0.3, 0.4) is 0 Å². The van der Waals surface area contributed by atoms with Gasteiger partial charge >= 0.3 is 6.09 Å². The van der Waals surface area contributed by atoms with E-state index in [1.54, 1.807) is 18.7 Å². The van der Waals surface area contributed by atoms with E-state index in [2.05, 4.69) is 32.2 Å². The van der Waals surface area contributed by atoms with Gasteiger partial charge in [-0.1, -0.05) is 12.1 Å². The van der Waals surface area contributed by atoms with Gasteiger partial charge in [0.05, 0.1) is 29.5 Å². The maximum atomic E-state index is 12.7. The second-order valence-corrected chi connectivity index (χ2v) is 12.6. The van der Waals surface area contributed by atoms with E-state index in [1.807, 2.05) is 72.9 Å². The summed E-state index contributed by atoms with van der Waals surface area (Å²) < 4.78 is 13.6. The van der Waals surface area contributed by atoms with Crippen LogP contribution in [0.1, 0.15) is 33.0 Å². The molecule has 11 nitrogen and oxygen atoms in total. The lowest BCUT2D eigenvalue weighted by Crippen LogP contribution is -2.49. The molecule has 222 valence electrons. The van der Waals surface area contributed by atoms with Crippen LogP contribution < -0.4 is 0 Å². The van der Waals surface area contributed by atoms with Crippen molar-refractivity contribution in [2.45, 2.75) is 51.4 Å². The van der Waals surface area contributed by atoms with Gasteiger partial charge in [-0.15, -0.1) is 0 Å². The van der Waals surface area contributed by atoms with Gasteiger partial charge < -0.3 is 14.1 Å². The highest BCUT2D eigenvalue weighted by Crippen LogP contribution is 2.39.